The molecule has 0 unspecified atom stereocenters. The molecule has 0 saturated carbocycles. The van der Waals surface area contributed by atoms with Gasteiger partial charge >= 0.3 is 0 Å². The molecular weight excluding hydrogens is 293 g/mol. The van der Waals surface area contributed by atoms with Gasteiger partial charge < -0.3 is 0 Å². The molecule has 1 rings (SSSR count). The van der Waals surface area contributed by atoms with Crippen molar-refractivity contribution in [1.82, 2.24) is 4.31 Å². The number of halogens is 2. The first-order chi connectivity index (χ1) is 8.41. The number of alkyl halides is 1. The van der Waals surface area contributed by atoms with Crippen molar-refractivity contribution < 1.29 is 8.42 Å². The Labute approximate surface area is 119 Å². The number of hydrogen-bond donors (Lipinski definition) is 0. The van der Waals surface area contributed by atoms with Gasteiger partial charge in [0.25, 0.3) is 0 Å². The maximum absolute atomic E-state index is 12.5. The van der Waals surface area contributed by atoms with Crippen LogP contribution < -0.4 is 0 Å². The molecule has 102 valence electrons. The predicted molar refractivity (Wildman–Crippen MR) is 75.8 cm³/mol. The van der Waals surface area contributed by atoms with E-state index in [4.69, 9.17) is 23.2 Å². The zero-order chi connectivity index (χ0) is 13.8. The van der Waals surface area contributed by atoms with Crippen molar-refractivity contribution in [3.63, 3.8) is 0 Å². The van der Waals surface area contributed by atoms with Crippen LogP contribution in [0.15, 0.2) is 29.2 Å². The van der Waals surface area contributed by atoms with Gasteiger partial charge in [-0.2, -0.15) is 4.31 Å². The monoisotopic (exact) mass is 309 g/mol. The third-order valence-electron chi connectivity index (χ3n) is 2.51. The highest BCUT2D eigenvalue weighted by Crippen LogP contribution is 2.25. The van der Waals surface area contributed by atoms with Gasteiger partial charge in [0.1, 0.15) is 4.90 Å². The summed E-state index contributed by atoms with van der Waals surface area (Å²) in [7, 11) is -3.56. The van der Waals surface area contributed by atoms with E-state index in [1.54, 1.807) is 18.2 Å². The third kappa shape index (κ3) is 3.60. The van der Waals surface area contributed by atoms with Crippen LogP contribution in [-0.2, 0) is 10.0 Å². The number of nitrogens with zero attached hydrogens (tertiary/aromatic N) is 1. The summed E-state index contributed by atoms with van der Waals surface area (Å²) in [6.07, 6.45) is 0.615. The Morgan fingerprint density at radius 2 is 1.89 bits per heavy atom. The predicted octanol–water partition coefficient (Wildman–Crippen LogP) is 3.37. The van der Waals surface area contributed by atoms with Crippen LogP contribution in [0, 0.1) is 0 Å². The van der Waals surface area contributed by atoms with Crippen LogP contribution in [0.3, 0.4) is 0 Å². The van der Waals surface area contributed by atoms with Crippen molar-refractivity contribution in [2.75, 3.05) is 12.4 Å². The fourth-order valence-corrected chi connectivity index (χ4v) is 3.94. The summed E-state index contributed by atoms with van der Waals surface area (Å²) in [5.74, 6) is 0.432. The number of hydrogen-bond acceptors (Lipinski definition) is 2. The number of benzene rings is 1. The van der Waals surface area contributed by atoms with E-state index in [2.05, 4.69) is 0 Å². The summed E-state index contributed by atoms with van der Waals surface area (Å²) in [5, 5.41) is 0.244. The minimum absolute atomic E-state index is 0.130. The molecule has 0 aliphatic rings. The Bertz CT molecular complexity index is 489. The molecule has 0 heterocycles. The van der Waals surface area contributed by atoms with Crippen molar-refractivity contribution in [1.29, 1.82) is 0 Å². The third-order valence-corrected chi connectivity index (χ3v) is 5.35. The molecule has 0 saturated heterocycles. The summed E-state index contributed by atoms with van der Waals surface area (Å²) >= 11 is 11.6. The molecule has 0 aliphatic heterocycles. The van der Waals surface area contributed by atoms with Crippen molar-refractivity contribution in [2.24, 2.45) is 0 Å². The lowest BCUT2D eigenvalue weighted by Gasteiger charge is -2.26. The maximum atomic E-state index is 12.5. The first kappa shape index (κ1) is 15.8. The molecule has 0 radical (unpaired) electrons. The van der Waals surface area contributed by atoms with Crippen LogP contribution in [0.1, 0.15) is 20.3 Å². The van der Waals surface area contributed by atoms with E-state index in [0.717, 1.165) is 0 Å². The molecule has 0 fully saturated rings. The van der Waals surface area contributed by atoms with Gasteiger partial charge in [0.15, 0.2) is 0 Å². The largest absolute Gasteiger partial charge is 0.244 e. The van der Waals surface area contributed by atoms with Gasteiger partial charge in [-0.3, -0.25) is 0 Å². The number of rotatable bonds is 6. The Morgan fingerprint density at radius 1 is 1.28 bits per heavy atom. The van der Waals surface area contributed by atoms with Gasteiger partial charge in [-0.15, -0.1) is 11.6 Å². The molecular formula is C12H17Cl2NO2S. The second-order valence-corrected chi connectivity index (χ2v) is 6.83. The summed E-state index contributed by atoms with van der Waals surface area (Å²) in [4.78, 5) is 0.148. The van der Waals surface area contributed by atoms with Gasteiger partial charge in [-0.1, -0.05) is 23.7 Å². The van der Waals surface area contributed by atoms with Gasteiger partial charge in [0, 0.05) is 18.5 Å². The Morgan fingerprint density at radius 3 is 2.39 bits per heavy atom. The van der Waals surface area contributed by atoms with Gasteiger partial charge in [0.2, 0.25) is 10.0 Å². The molecule has 1 aromatic carbocycles. The Balaban J connectivity index is 3.14. The average Bonchev–Trinajstić information content (AvgIpc) is 2.29. The number of sulfonamides is 1. The van der Waals surface area contributed by atoms with E-state index in [1.807, 2.05) is 13.8 Å². The summed E-state index contributed by atoms with van der Waals surface area (Å²) in [5.41, 5.74) is 0. The molecule has 0 bridgehead atoms. The molecule has 0 aromatic heterocycles. The van der Waals surface area contributed by atoms with Crippen molar-refractivity contribution in [3.05, 3.63) is 29.3 Å². The fourth-order valence-electron chi connectivity index (χ4n) is 1.65. The second-order valence-electron chi connectivity index (χ2n) is 4.18. The van der Waals surface area contributed by atoms with Gasteiger partial charge in [0.05, 0.1) is 5.02 Å². The molecule has 6 heteroatoms. The zero-order valence-electron chi connectivity index (χ0n) is 10.4. The molecule has 1 aromatic rings. The van der Waals surface area contributed by atoms with Crippen molar-refractivity contribution >= 4 is 33.2 Å². The topological polar surface area (TPSA) is 37.4 Å². The lowest BCUT2D eigenvalue weighted by atomic mass is 10.3. The molecule has 0 amide bonds. The van der Waals surface area contributed by atoms with Crippen LogP contribution in [0.25, 0.3) is 0 Å². The smallest absolute Gasteiger partial charge is 0.207 e. The van der Waals surface area contributed by atoms with Crippen LogP contribution in [0.5, 0.6) is 0 Å². The Hall–Kier alpha value is -0.290. The van der Waals surface area contributed by atoms with Gasteiger partial charge in [-0.05, 0) is 32.4 Å². The first-order valence-electron chi connectivity index (χ1n) is 5.73. The minimum atomic E-state index is -3.56. The van der Waals surface area contributed by atoms with Crippen LogP contribution in [-0.4, -0.2) is 31.2 Å². The molecule has 0 atom stereocenters. The molecule has 0 spiro atoms. The van der Waals surface area contributed by atoms with Crippen LogP contribution in [0.4, 0.5) is 0 Å². The molecule has 18 heavy (non-hydrogen) atoms. The minimum Gasteiger partial charge on any atom is -0.207 e. The van der Waals surface area contributed by atoms with Crippen LogP contribution >= 0.6 is 23.2 Å². The summed E-state index contributed by atoms with van der Waals surface area (Å²) in [6, 6.07) is 6.34. The normalized spacial score (nSPS) is 12.3. The highest BCUT2D eigenvalue weighted by Gasteiger charge is 2.28. The molecule has 0 N–H and O–H groups in total. The van der Waals surface area contributed by atoms with E-state index in [9.17, 15) is 8.42 Å². The maximum Gasteiger partial charge on any atom is 0.244 e. The van der Waals surface area contributed by atoms with Crippen molar-refractivity contribution in [2.45, 2.75) is 31.2 Å². The Kier molecular flexibility index (Phi) is 5.92. The lowest BCUT2D eigenvalue weighted by Crippen LogP contribution is -2.38. The quantitative estimate of drug-likeness (QED) is 0.756. The molecule has 0 aliphatic carbocycles. The van der Waals surface area contributed by atoms with E-state index < -0.39 is 10.0 Å². The van der Waals surface area contributed by atoms with E-state index in [-0.39, 0.29) is 16.0 Å². The summed E-state index contributed by atoms with van der Waals surface area (Å²) in [6.45, 7) is 4.07. The average molecular weight is 310 g/mol. The standard InChI is InChI=1S/C12H17Cl2NO2S/c1-10(2)15(9-5-8-13)18(16,17)12-7-4-3-6-11(12)14/h3-4,6-7,10H,5,8-9H2,1-2H3. The highest BCUT2D eigenvalue weighted by atomic mass is 35.5. The summed E-state index contributed by atoms with van der Waals surface area (Å²) < 4.78 is 26.4. The van der Waals surface area contributed by atoms with E-state index >= 15 is 0 Å². The molecule has 3 nitrogen and oxygen atoms in total. The zero-order valence-corrected chi connectivity index (χ0v) is 12.8. The fraction of sp³-hybridized carbons (Fsp3) is 0.500. The lowest BCUT2D eigenvalue weighted by molar-refractivity contribution is 0.355. The van der Waals surface area contributed by atoms with E-state index in [1.165, 1.54) is 10.4 Å². The second kappa shape index (κ2) is 6.75. The van der Waals surface area contributed by atoms with Crippen molar-refractivity contribution in [3.8, 4) is 0 Å². The van der Waals surface area contributed by atoms with Gasteiger partial charge in [-0.25, -0.2) is 8.42 Å². The van der Waals surface area contributed by atoms with Crippen LogP contribution in [0.2, 0.25) is 5.02 Å². The SMILES string of the molecule is CC(C)N(CCCCl)S(=O)(=O)c1ccccc1Cl. The highest BCUT2D eigenvalue weighted by molar-refractivity contribution is 7.89. The van der Waals surface area contributed by atoms with E-state index in [0.29, 0.717) is 18.8 Å². The first-order valence-corrected chi connectivity index (χ1v) is 8.09.